The standard InChI is InChI=1S/C18H19N7O3/c1-11(2)25-10-20-24-16(25)13-5-4-6-14(21-13)22-18(27)23-15-9-12(7-8-19-15)17(26)28-3/h4-11H,1-3H3,(H2,19,21,22,23,27). The van der Waals surface area contributed by atoms with E-state index in [1.165, 1.54) is 25.4 Å². The zero-order chi connectivity index (χ0) is 20.1. The van der Waals surface area contributed by atoms with Gasteiger partial charge in [0.2, 0.25) is 0 Å². The summed E-state index contributed by atoms with van der Waals surface area (Å²) in [5.74, 6) is 0.620. The van der Waals surface area contributed by atoms with Crippen molar-refractivity contribution in [2.75, 3.05) is 17.7 Å². The van der Waals surface area contributed by atoms with Crippen LogP contribution in [0.15, 0.2) is 42.9 Å². The Morgan fingerprint density at radius 3 is 2.68 bits per heavy atom. The molecule has 0 aliphatic carbocycles. The van der Waals surface area contributed by atoms with E-state index in [1.807, 2.05) is 18.4 Å². The Morgan fingerprint density at radius 1 is 1.14 bits per heavy atom. The first-order valence-corrected chi connectivity index (χ1v) is 8.47. The van der Waals surface area contributed by atoms with Gasteiger partial charge in [-0.1, -0.05) is 6.07 Å². The summed E-state index contributed by atoms with van der Waals surface area (Å²) in [5, 5.41) is 13.2. The second-order valence-electron chi connectivity index (χ2n) is 6.06. The highest BCUT2D eigenvalue weighted by molar-refractivity contribution is 5.99. The molecule has 0 aliphatic rings. The van der Waals surface area contributed by atoms with Crippen molar-refractivity contribution in [3.05, 3.63) is 48.4 Å². The van der Waals surface area contributed by atoms with Gasteiger partial charge in [0.05, 0.1) is 12.7 Å². The third kappa shape index (κ3) is 4.29. The maximum atomic E-state index is 12.3. The number of methoxy groups -OCH3 is 1. The molecule has 3 rings (SSSR count). The normalized spacial score (nSPS) is 10.6. The van der Waals surface area contributed by atoms with Crippen molar-refractivity contribution in [2.45, 2.75) is 19.9 Å². The average molecular weight is 381 g/mol. The van der Waals surface area contributed by atoms with Crippen LogP contribution in [0.2, 0.25) is 0 Å². The van der Waals surface area contributed by atoms with Crippen LogP contribution in [0.1, 0.15) is 30.2 Å². The number of hydrogen-bond acceptors (Lipinski definition) is 7. The van der Waals surface area contributed by atoms with E-state index in [0.29, 0.717) is 17.3 Å². The molecule has 0 unspecified atom stereocenters. The van der Waals surface area contributed by atoms with Crippen LogP contribution in [0.3, 0.4) is 0 Å². The van der Waals surface area contributed by atoms with Gasteiger partial charge in [0, 0.05) is 12.2 Å². The highest BCUT2D eigenvalue weighted by Crippen LogP contribution is 2.19. The molecule has 3 aromatic rings. The maximum Gasteiger partial charge on any atom is 0.338 e. The summed E-state index contributed by atoms with van der Waals surface area (Å²) in [6.45, 7) is 4.02. The first-order chi connectivity index (χ1) is 13.5. The number of hydrogen-bond donors (Lipinski definition) is 2. The minimum absolute atomic E-state index is 0.167. The number of nitrogens with zero attached hydrogens (tertiary/aromatic N) is 5. The van der Waals surface area contributed by atoms with Gasteiger partial charge in [0.1, 0.15) is 23.7 Å². The van der Waals surface area contributed by atoms with Crippen molar-refractivity contribution < 1.29 is 14.3 Å². The Labute approximate surface area is 161 Å². The van der Waals surface area contributed by atoms with Crippen LogP contribution in [-0.2, 0) is 4.74 Å². The molecule has 144 valence electrons. The van der Waals surface area contributed by atoms with Crippen LogP contribution < -0.4 is 10.6 Å². The molecule has 10 heteroatoms. The largest absolute Gasteiger partial charge is 0.465 e. The molecule has 0 saturated heterocycles. The van der Waals surface area contributed by atoms with Crippen LogP contribution in [0.25, 0.3) is 11.5 Å². The molecule has 0 bridgehead atoms. The lowest BCUT2D eigenvalue weighted by Crippen LogP contribution is -2.21. The SMILES string of the molecule is COC(=O)c1ccnc(NC(=O)Nc2cccc(-c3nncn3C(C)C)n2)c1. The summed E-state index contributed by atoms with van der Waals surface area (Å²) < 4.78 is 6.53. The molecule has 3 heterocycles. The Morgan fingerprint density at radius 2 is 1.93 bits per heavy atom. The van der Waals surface area contributed by atoms with Gasteiger partial charge in [0.15, 0.2) is 5.82 Å². The molecule has 0 fully saturated rings. The molecular weight excluding hydrogens is 362 g/mol. The zero-order valence-electron chi connectivity index (χ0n) is 15.6. The Bertz CT molecular complexity index is 1000. The van der Waals surface area contributed by atoms with Crippen molar-refractivity contribution in [1.82, 2.24) is 24.7 Å². The molecule has 0 saturated carbocycles. The second kappa shape index (κ2) is 8.25. The molecule has 0 aromatic carbocycles. The third-order valence-electron chi connectivity index (χ3n) is 3.77. The molecular formula is C18H19N7O3. The minimum Gasteiger partial charge on any atom is -0.465 e. The number of rotatable bonds is 5. The zero-order valence-corrected chi connectivity index (χ0v) is 15.6. The van der Waals surface area contributed by atoms with E-state index in [2.05, 4.69) is 35.5 Å². The lowest BCUT2D eigenvalue weighted by atomic mass is 10.2. The third-order valence-corrected chi connectivity index (χ3v) is 3.77. The summed E-state index contributed by atoms with van der Waals surface area (Å²) in [4.78, 5) is 32.2. The predicted octanol–water partition coefficient (Wildman–Crippen LogP) is 2.75. The lowest BCUT2D eigenvalue weighted by Gasteiger charge is -2.11. The molecule has 3 aromatic heterocycles. The van der Waals surface area contributed by atoms with E-state index in [-0.39, 0.29) is 17.4 Å². The number of amides is 2. The smallest absolute Gasteiger partial charge is 0.338 e. The van der Waals surface area contributed by atoms with Gasteiger partial charge in [-0.05, 0) is 38.1 Å². The number of esters is 1. The van der Waals surface area contributed by atoms with Gasteiger partial charge < -0.3 is 9.30 Å². The fourth-order valence-corrected chi connectivity index (χ4v) is 2.44. The minimum atomic E-state index is -0.551. The number of anilines is 2. The Hall–Kier alpha value is -3.82. The monoisotopic (exact) mass is 381 g/mol. The highest BCUT2D eigenvalue weighted by Gasteiger charge is 2.13. The maximum absolute atomic E-state index is 12.3. The van der Waals surface area contributed by atoms with Crippen molar-refractivity contribution in [3.8, 4) is 11.5 Å². The van der Waals surface area contributed by atoms with E-state index in [4.69, 9.17) is 0 Å². The van der Waals surface area contributed by atoms with E-state index < -0.39 is 12.0 Å². The number of pyridine rings is 2. The Kier molecular flexibility index (Phi) is 5.58. The molecule has 0 atom stereocenters. The topological polar surface area (TPSA) is 124 Å². The van der Waals surface area contributed by atoms with Crippen molar-refractivity contribution in [1.29, 1.82) is 0 Å². The van der Waals surface area contributed by atoms with Crippen molar-refractivity contribution in [3.63, 3.8) is 0 Å². The van der Waals surface area contributed by atoms with E-state index in [0.717, 1.165) is 0 Å². The molecule has 0 spiro atoms. The van der Waals surface area contributed by atoms with Crippen LogP contribution in [-0.4, -0.2) is 43.8 Å². The van der Waals surface area contributed by atoms with Crippen molar-refractivity contribution >= 4 is 23.6 Å². The molecule has 0 aliphatic heterocycles. The van der Waals surface area contributed by atoms with Gasteiger partial charge >= 0.3 is 12.0 Å². The van der Waals surface area contributed by atoms with Crippen LogP contribution in [0.4, 0.5) is 16.4 Å². The van der Waals surface area contributed by atoms with Gasteiger partial charge in [-0.2, -0.15) is 0 Å². The lowest BCUT2D eigenvalue weighted by molar-refractivity contribution is 0.0600. The van der Waals surface area contributed by atoms with Gasteiger partial charge in [0.25, 0.3) is 0 Å². The van der Waals surface area contributed by atoms with Gasteiger partial charge in [-0.3, -0.25) is 10.6 Å². The summed E-state index contributed by atoms with van der Waals surface area (Å²) in [7, 11) is 1.28. The quantitative estimate of drug-likeness (QED) is 0.651. The molecule has 28 heavy (non-hydrogen) atoms. The highest BCUT2D eigenvalue weighted by atomic mass is 16.5. The summed E-state index contributed by atoms with van der Waals surface area (Å²) in [6.07, 6.45) is 3.04. The second-order valence-corrected chi connectivity index (χ2v) is 6.06. The number of nitrogens with one attached hydrogen (secondary N) is 2. The fraction of sp³-hybridized carbons (Fsp3) is 0.222. The number of ether oxygens (including phenoxy) is 1. The molecule has 2 amide bonds. The summed E-state index contributed by atoms with van der Waals surface area (Å²) >= 11 is 0. The van der Waals surface area contributed by atoms with Crippen LogP contribution >= 0.6 is 0 Å². The summed E-state index contributed by atoms with van der Waals surface area (Å²) in [5.41, 5.74) is 0.857. The number of aromatic nitrogens is 5. The Balaban J connectivity index is 1.73. The first kappa shape index (κ1) is 19.0. The van der Waals surface area contributed by atoms with Gasteiger partial charge in [-0.25, -0.2) is 19.6 Å². The van der Waals surface area contributed by atoms with Crippen LogP contribution in [0.5, 0.6) is 0 Å². The number of carbonyl (C=O) groups is 2. The van der Waals surface area contributed by atoms with E-state index >= 15 is 0 Å². The first-order valence-electron chi connectivity index (χ1n) is 8.47. The molecule has 2 N–H and O–H groups in total. The number of carbonyl (C=O) groups excluding carboxylic acids is 2. The van der Waals surface area contributed by atoms with E-state index in [1.54, 1.807) is 24.5 Å². The van der Waals surface area contributed by atoms with Gasteiger partial charge in [-0.15, -0.1) is 10.2 Å². The molecule has 0 radical (unpaired) electrons. The average Bonchev–Trinajstić information content (AvgIpc) is 3.18. The number of urea groups is 1. The van der Waals surface area contributed by atoms with Crippen LogP contribution in [0, 0.1) is 0 Å². The van der Waals surface area contributed by atoms with E-state index in [9.17, 15) is 9.59 Å². The fourth-order valence-electron chi connectivity index (χ4n) is 2.44. The van der Waals surface area contributed by atoms with Crippen molar-refractivity contribution in [2.24, 2.45) is 0 Å². The molecule has 10 nitrogen and oxygen atoms in total. The summed E-state index contributed by atoms with van der Waals surface area (Å²) in [6, 6.07) is 7.72. The predicted molar refractivity (Wildman–Crippen MR) is 102 cm³/mol.